The second kappa shape index (κ2) is 3.91. The summed E-state index contributed by atoms with van der Waals surface area (Å²) in [6, 6.07) is 0. The number of carbonyl (C=O) groups is 1. The minimum absolute atomic E-state index is 0.333. The van der Waals surface area contributed by atoms with E-state index >= 15 is 0 Å². The number of ketones is 1. The van der Waals surface area contributed by atoms with E-state index in [9.17, 15) is 4.79 Å². The quantitative estimate of drug-likeness (QED) is 0.591. The number of allylic oxidation sites excluding steroid dienone is 4. The molecule has 0 spiro atoms. The molecule has 0 aromatic heterocycles. The normalized spacial score (nSPS) is 22.9. The molecule has 0 bridgehead atoms. The van der Waals surface area contributed by atoms with Gasteiger partial charge < -0.3 is 0 Å². The maximum Gasteiger partial charge on any atom is 0.155 e. The van der Waals surface area contributed by atoms with Crippen molar-refractivity contribution in [1.29, 1.82) is 0 Å². The average molecular weight is 176 g/mol. The molecule has 2 rings (SSSR count). The van der Waals surface area contributed by atoms with Gasteiger partial charge in [0, 0.05) is 6.42 Å². The third kappa shape index (κ3) is 2.30. The van der Waals surface area contributed by atoms with E-state index in [0.717, 1.165) is 25.7 Å². The molecule has 0 saturated carbocycles. The van der Waals surface area contributed by atoms with Crippen molar-refractivity contribution in [3.8, 4) is 0 Å². The van der Waals surface area contributed by atoms with Crippen molar-refractivity contribution in [1.82, 2.24) is 0 Å². The Bertz CT molecular complexity index is 271. The van der Waals surface area contributed by atoms with Crippen LogP contribution in [0.15, 0.2) is 23.3 Å². The molecule has 2 aliphatic carbocycles. The Morgan fingerprint density at radius 1 is 1.08 bits per heavy atom. The Balaban J connectivity index is 1.96. The van der Waals surface area contributed by atoms with Crippen molar-refractivity contribution >= 4 is 5.78 Å². The molecule has 1 heteroatoms. The summed E-state index contributed by atoms with van der Waals surface area (Å²) in [6.45, 7) is 0. The van der Waals surface area contributed by atoms with Crippen molar-refractivity contribution < 1.29 is 4.79 Å². The predicted octanol–water partition coefficient (Wildman–Crippen LogP) is 3.17. The minimum atomic E-state index is 0.333. The van der Waals surface area contributed by atoms with E-state index < -0.39 is 0 Å². The van der Waals surface area contributed by atoms with E-state index in [4.69, 9.17) is 0 Å². The molecular weight excluding hydrogens is 160 g/mol. The van der Waals surface area contributed by atoms with E-state index in [2.05, 4.69) is 6.08 Å². The summed E-state index contributed by atoms with van der Waals surface area (Å²) in [4.78, 5) is 11.2. The largest absolute Gasteiger partial charge is 0.295 e. The van der Waals surface area contributed by atoms with Crippen LogP contribution in [0.1, 0.15) is 44.9 Å². The minimum Gasteiger partial charge on any atom is -0.295 e. The number of hydrogen-bond donors (Lipinski definition) is 0. The van der Waals surface area contributed by atoms with Crippen molar-refractivity contribution in [3.63, 3.8) is 0 Å². The van der Waals surface area contributed by atoms with Crippen LogP contribution in [0.5, 0.6) is 0 Å². The van der Waals surface area contributed by atoms with Crippen molar-refractivity contribution in [2.24, 2.45) is 0 Å². The van der Waals surface area contributed by atoms with Gasteiger partial charge in [-0.05, 0) is 44.6 Å². The van der Waals surface area contributed by atoms with Crippen LogP contribution in [0.3, 0.4) is 0 Å². The van der Waals surface area contributed by atoms with E-state index in [1.165, 1.54) is 24.8 Å². The SMILES string of the molecule is O=C1C=C(CC2=CCCC2)CCC1. The smallest absolute Gasteiger partial charge is 0.155 e. The van der Waals surface area contributed by atoms with Gasteiger partial charge in [-0.25, -0.2) is 0 Å². The van der Waals surface area contributed by atoms with Crippen molar-refractivity contribution in [2.45, 2.75) is 44.9 Å². The van der Waals surface area contributed by atoms with Crippen molar-refractivity contribution in [2.75, 3.05) is 0 Å². The molecule has 2 aliphatic rings. The highest BCUT2D eigenvalue weighted by Gasteiger charge is 2.12. The first-order chi connectivity index (χ1) is 6.34. The standard InChI is InChI=1S/C12H16O/c13-12-7-3-6-11(9-12)8-10-4-1-2-5-10/h4,9H,1-3,5-8H2. The van der Waals surface area contributed by atoms with Gasteiger partial charge in [-0.3, -0.25) is 4.79 Å². The monoisotopic (exact) mass is 176 g/mol. The third-order valence-electron chi connectivity index (χ3n) is 2.88. The first kappa shape index (κ1) is 8.74. The molecule has 0 aliphatic heterocycles. The number of carbonyl (C=O) groups excluding carboxylic acids is 1. The molecule has 0 unspecified atom stereocenters. The number of rotatable bonds is 2. The van der Waals surface area contributed by atoms with Crippen LogP contribution >= 0.6 is 0 Å². The lowest BCUT2D eigenvalue weighted by molar-refractivity contribution is -0.115. The van der Waals surface area contributed by atoms with Crippen LogP contribution in [0.25, 0.3) is 0 Å². The molecule has 0 heterocycles. The molecule has 0 aromatic carbocycles. The Hall–Kier alpha value is -0.850. The van der Waals surface area contributed by atoms with Gasteiger partial charge in [-0.2, -0.15) is 0 Å². The summed E-state index contributed by atoms with van der Waals surface area (Å²) in [5.74, 6) is 0.333. The molecule has 0 atom stereocenters. The maximum atomic E-state index is 11.2. The van der Waals surface area contributed by atoms with E-state index in [-0.39, 0.29) is 0 Å². The van der Waals surface area contributed by atoms with Crippen LogP contribution in [0, 0.1) is 0 Å². The second-order valence-electron chi connectivity index (χ2n) is 4.05. The zero-order valence-corrected chi connectivity index (χ0v) is 8.01. The highest BCUT2D eigenvalue weighted by Crippen LogP contribution is 2.27. The van der Waals surface area contributed by atoms with Gasteiger partial charge in [0.1, 0.15) is 0 Å². The molecule has 70 valence electrons. The molecule has 0 aromatic rings. The lowest BCUT2D eigenvalue weighted by Crippen LogP contribution is -2.02. The lowest BCUT2D eigenvalue weighted by Gasteiger charge is -2.12. The highest BCUT2D eigenvalue weighted by atomic mass is 16.1. The highest BCUT2D eigenvalue weighted by molar-refractivity contribution is 5.91. The van der Waals surface area contributed by atoms with Gasteiger partial charge in [-0.1, -0.05) is 17.2 Å². The summed E-state index contributed by atoms with van der Waals surface area (Å²) in [5, 5.41) is 0. The van der Waals surface area contributed by atoms with E-state index in [0.29, 0.717) is 5.78 Å². The zero-order chi connectivity index (χ0) is 9.10. The molecule has 0 saturated heterocycles. The summed E-state index contributed by atoms with van der Waals surface area (Å²) in [6.07, 6.45) is 12.1. The fraction of sp³-hybridized carbons (Fsp3) is 0.583. The number of hydrogen-bond acceptors (Lipinski definition) is 1. The van der Waals surface area contributed by atoms with Gasteiger partial charge in [0.05, 0.1) is 0 Å². The summed E-state index contributed by atoms with van der Waals surface area (Å²) in [7, 11) is 0. The van der Waals surface area contributed by atoms with Crippen LogP contribution in [-0.4, -0.2) is 5.78 Å². The van der Waals surface area contributed by atoms with Crippen LogP contribution < -0.4 is 0 Å². The maximum absolute atomic E-state index is 11.2. The van der Waals surface area contributed by atoms with Gasteiger partial charge in [-0.15, -0.1) is 0 Å². The molecule has 0 fully saturated rings. The first-order valence-electron chi connectivity index (χ1n) is 5.25. The predicted molar refractivity (Wildman–Crippen MR) is 53.5 cm³/mol. The summed E-state index contributed by atoms with van der Waals surface area (Å²) in [5.41, 5.74) is 2.92. The van der Waals surface area contributed by atoms with Crippen LogP contribution in [0.4, 0.5) is 0 Å². The van der Waals surface area contributed by atoms with Gasteiger partial charge in [0.25, 0.3) is 0 Å². The van der Waals surface area contributed by atoms with Crippen molar-refractivity contribution in [3.05, 3.63) is 23.3 Å². The zero-order valence-electron chi connectivity index (χ0n) is 8.01. The Morgan fingerprint density at radius 3 is 2.62 bits per heavy atom. The molecule has 13 heavy (non-hydrogen) atoms. The molecule has 0 N–H and O–H groups in total. The van der Waals surface area contributed by atoms with Gasteiger partial charge in [0.15, 0.2) is 5.78 Å². The summed E-state index contributed by atoms with van der Waals surface area (Å²) >= 11 is 0. The topological polar surface area (TPSA) is 17.1 Å². The lowest BCUT2D eigenvalue weighted by atomic mass is 9.93. The molecular formula is C12H16O. The average Bonchev–Trinajstić information content (AvgIpc) is 2.57. The third-order valence-corrected chi connectivity index (χ3v) is 2.88. The van der Waals surface area contributed by atoms with Crippen LogP contribution in [0.2, 0.25) is 0 Å². The molecule has 0 amide bonds. The first-order valence-corrected chi connectivity index (χ1v) is 5.25. The Morgan fingerprint density at radius 2 is 1.92 bits per heavy atom. The van der Waals surface area contributed by atoms with E-state index in [1.54, 1.807) is 5.57 Å². The molecule has 0 radical (unpaired) electrons. The fourth-order valence-electron chi connectivity index (χ4n) is 2.19. The fourth-order valence-corrected chi connectivity index (χ4v) is 2.19. The Kier molecular flexibility index (Phi) is 2.62. The van der Waals surface area contributed by atoms with Gasteiger partial charge >= 0.3 is 0 Å². The Labute approximate surface area is 79.5 Å². The van der Waals surface area contributed by atoms with E-state index in [1.807, 2.05) is 6.08 Å². The molecule has 1 nitrogen and oxygen atoms in total. The second-order valence-corrected chi connectivity index (χ2v) is 4.05. The summed E-state index contributed by atoms with van der Waals surface area (Å²) < 4.78 is 0. The van der Waals surface area contributed by atoms with Crippen LogP contribution in [-0.2, 0) is 4.79 Å². The van der Waals surface area contributed by atoms with Gasteiger partial charge in [0.2, 0.25) is 0 Å².